The number of fused-ring (bicyclic) bond motifs is 3. The van der Waals surface area contributed by atoms with Crippen LogP contribution in [0.25, 0.3) is 16.9 Å². The summed E-state index contributed by atoms with van der Waals surface area (Å²) < 4.78 is 5.30. The van der Waals surface area contributed by atoms with Crippen molar-refractivity contribution in [1.29, 1.82) is 0 Å². The van der Waals surface area contributed by atoms with Crippen LogP contribution in [-0.4, -0.2) is 49.6 Å². The van der Waals surface area contributed by atoms with Gasteiger partial charge in [-0.3, -0.25) is 19.7 Å². The number of aryl methyl sites for hydroxylation is 1. The van der Waals surface area contributed by atoms with Gasteiger partial charge in [0.2, 0.25) is 5.78 Å². The van der Waals surface area contributed by atoms with E-state index in [0.29, 0.717) is 28.1 Å². The third-order valence-corrected chi connectivity index (χ3v) is 8.62. The Bertz CT molecular complexity index is 1820. The van der Waals surface area contributed by atoms with Gasteiger partial charge in [0.15, 0.2) is 11.4 Å². The molecule has 0 spiro atoms. The smallest absolute Gasteiger partial charge is 0.417 e. The van der Waals surface area contributed by atoms with E-state index >= 15 is 0 Å². The maximum atomic E-state index is 13.7. The molecule has 0 aliphatic heterocycles. The Kier molecular flexibility index (Phi) is 6.77. The number of phenolic OH excluding ortho intramolecular Hbond substituents is 1. The summed E-state index contributed by atoms with van der Waals surface area (Å²) in [6.45, 7) is 1.92. The highest BCUT2D eigenvalue weighted by Gasteiger charge is 2.60. The van der Waals surface area contributed by atoms with Crippen molar-refractivity contribution in [2.24, 2.45) is 17.6 Å². The Balaban J connectivity index is 1.32. The second-order valence-corrected chi connectivity index (χ2v) is 11.3. The van der Waals surface area contributed by atoms with Gasteiger partial charge in [0, 0.05) is 23.6 Å². The summed E-state index contributed by atoms with van der Waals surface area (Å²) in [6, 6.07) is 16.9. The Labute approximate surface area is 250 Å². The number of primary amides is 1. The molecule has 3 atom stereocenters. The third kappa shape index (κ3) is 4.49. The molecule has 3 aromatic carbocycles. The predicted molar refractivity (Wildman–Crippen MR) is 158 cm³/mol. The Morgan fingerprint density at radius 2 is 1.64 bits per heavy atom. The average molecular weight is 597 g/mol. The monoisotopic (exact) mass is 596 g/mol. The topological polar surface area (TPSA) is 196 Å². The first kappa shape index (κ1) is 28.7. The average Bonchev–Trinajstić information content (AvgIpc) is 2.96. The van der Waals surface area contributed by atoms with Crippen LogP contribution in [0.15, 0.2) is 77.6 Å². The number of Topliss-reactive ketones (excluding diaryl/α,β-unsaturated/α-hetero) is 2. The molecule has 2 amide bonds. The van der Waals surface area contributed by atoms with Gasteiger partial charge >= 0.3 is 6.09 Å². The van der Waals surface area contributed by atoms with Crippen molar-refractivity contribution in [2.75, 3.05) is 5.32 Å². The molecule has 0 radical (unpaired) electrons. The minimum absolute atomic E-state index is 0.00138. The lowest BCUT2D eigenvalue weighted by molar-refractivity contribution is -0.147. The van der Waals surface area contributed by atoms with Crippen LogP contribution in [-0.2, 0) is 20.8 Å². The Hall–Kier alpha value is -5.42. The molecule has 0 bridgehead atoms. The fourth-order valence-electron chi connectivity index (χ4n) is 6.48. The molecule has 0 aromatic heterocycles. The fourth-order valence-corrected chi connectivity index (χ4v) is 6.48. The number of ether oxygens (including phenoxy) is 1. The van der Waals surface area contributed by atoms with Crippen LogP contribution in [0.3, 0.4) is 0 Å². The lowest BCUT2D eigenvalue weighted by Gasteiger charge is -2.46. The van der Waals surface area contributed by atoms with Crippen LogP contribution >= 0.6 is 0 Å². The molecule has 0 saturated heterocycles. The highest BCUT2D eigenvalue weighted by Crippen LogP contribution is 2.53. The number of anilines is 1. The summed E-state index contributed by atoms with van der Waals surface area (Å²) in [4.78, 5) is 50.5. The summed E-state index contributed by atoms with van der Waals surface area (Å²) in [6.07, 6.45) is -0.862. The molecule has 1 fully saturated rings. The van der Waals surface area contributed by atoms with E-state index < -0.39 is 64.5 Å². The molecule has 11 nitrogen and oxygen atoms in total. The molecule has 11 heteroatoms. The van der Waals surface area contributed by atoms with E-state index in [1.54, 1.807) is 42.5 Å². The number of carbonyl (C=O) groups excluding carboxylic acids is 4. The molecule has 44 heavy (non-hydrogen) atoms. The number of phenols is 1. The van der Waals surface area contributed by atoms with Gasteiger partial charge in [-0.05, 0) is 72.7 Å². The number of aliphatic hydroxyl groups excluding tert-OH is 2. The number of hydrogen-bond donors (Lipinski definition) is 6. The van der Waals surface area contributed by atoms with Gasteiger partial charge in [0.05, 0.1) is 5.56 Å². The minimum Gasteiger partial charge on any atom is -0.508 e. The number of amides is 2. The van der Waals surface area contributed by atoms with Gasteiger partial charge in [-0.2, -0.15) is 0 Å². The number of aliphatic hydroxyl groups is 3. The molecule has 224 valence electrons. The van der Waals surface area contributed by atoms with Gasteiger partial charge in [-0.15, -0.1) is 0 Å². The van der Waals surface area contributed by atoms with Gasteiger partial charge < -0.3 is 30.9 Å². The van der Waals surface area contributed by atoms with E-state index in [1.807, 2.05) is 19.1 Å². The molecular formula is C33H28N2O9. The molecule has 0 unspecified atom stereocenters. The lowest BCUT2D eigenvalue weighted by atomic mass is 9.59. The van der Waals surface area contributed by atoms with Crippen LogP contribution in [0.5, 0.6) is 11.5 Å². The molecule has 3 aliphatic rings. The van der Waals surface area contributed by atoms with Gasteiger partial charge in [-0.25, -0.2) is 4.79 Å². The van der Waals surface area contributed by atoms with E-state index in [1.165, 1.54) is 6.07 Å². The molecule has 6 rings (SSSR count). The zero-order chi connectivity index (χ0) is 31.5. The van der Waals surface area contributed by atoms with Crippen molar-refractivity contribution in [3.8, 4) is 22.6 Å². The summed E-state index contributed by atoms with van der Waals surface area (Å²) in [5.74, 6) is -6.40. The normalized spacial score (nSPS) is 22.6. The van der Waals surface area contributed by atoms with E-state index in [9.17, 15) is 39.6 Å². The molecule has 3 aliphatic carbocycles. The molecule has 0 heterocycles. The molecular weight excluding hydrogens is 568 g/mol. The van der Waals surface area contributed by atoms with Crippen molar-refractivity contribution in [3.63, 3.8) is 0 Å². The van der Waals surface area contributed by atoms with Crippen LogP contribution in [0.4, 0.5) is 10.5 Å². The maximum absolute atomic E-state index is 13.7. The quantitative estimate of drug-likeness (QED) is 0.241. The number of hydrogen-bond acceptors (Lipinski definition) is 9. The number of benzene rings is 3. The molecule has 3 aromatic rings. The van der Waals surface area contributed by atoms with Crippen LogP contribution in [0.2, 0.25) is 0 Å². The van der Waals surface area contributed by atoms with Crippen molar-refractivity contribution >= 4 is 35.0 Å². The van der Waals surface area contributed by atoms with Crippen LogP contribution in [0.1, 0.15) is 29.5 Å². The molecule has 7 N–H and O–H groups in total. The number of nitrogens with one attached hydrogen (secondary N) is 1. The van der Waals surface area contributed by atoms with E-state index in [-0.39, 0.29) is 29.7 Å². The van der Waals surface area contributed by atoms with Crippen LogP contribution < -0.4 is 15.8 Å². The summed E-state index contributed by atoms with van der Waals surface area (Å²) in [7, 11) is 0. The first-order valence-electron chi connectivity index (χ1n) is 13.9. The Morgan fingerprint density at radius 1 is 0.955 bits per heavy atom. The van der Waals surface area contributed by atoms with Gasteiger partial charge in [0.25, 0.3) is 5.91 Å². The zero-order valence-electron chi connectivity index (χ0n) is 23.5. The second-order valence-electron chi connectivity index (χ2n) is 11.3. The SMILES string of the molecule is Cc1ccc(OC(=O)Nc2ccc(-c3ccc(O)c4c3C[C@H]3C[C@H]5CC(=O)C(C(N)=O)=C(O)[C@@]5(O)C(=O)C3=C4O)cc2)cc1. The number of rotatable bonds is 4. The molecule has 1 saturated carbocycles. The van der Waals surface area contributed by atoms with Crippen molar-refractivity contribution in [1.82, 2.24) is 0 Å². The van der Waals surface area contributed by atoms with Gasteiger partial charge in [-0.1, -0.05) is 35.9 Å². The second kappa shape index (κ2) is 10.4. The number of ketones is 2. The van der Waals surface area contributed by atoms with Crippen molar-refractivity contribution in [2.45, 2.75) is 31.8 Å². The Morgan fingerprint density at radius 3 is 2.30 bits per heavy atom. The third-order valence-electron chi connectivity index (χ3n) is 8.62. The summed E-state index contributed by atoms with van der Waals surface area (Å²) in [5.41, 5.74) is 4.93. The highest BCUT2D eigenvalue weighted by molar-refractivity contribution is 6.22. The first-order chi connectivity index (χ1) is 20.9. The van der Waals surface area contributed by atoms with E-state index in [4.69, 9.17) is 10.5 Å². The highest BCUT2D eigenvalue weighted by atomic mass is 16.6. The van der Waals surface area contributed by atoms with E-state index in [2.05, 4.69) is 5.32 Å². The number of carbonyl (C=O) groups is 4. The largest absolute Gasteiger partial charge is 0.508 e. The minimum atomic E-state index is -2.62. The lowest BCUT2D eigenvalue weighted by Crippen LogP contribution is -2.58. The number of aromatic hydroxyl groups is 1. The first-order valence-corrected chi connectivity index (χ1v) is 13.9. The fraction of sp³-hybridized carbons (Fsp3) is 0.212. The van der Waals surface area contributed by atoms with Crippen molar-refractivity contribution < 1.29 is 44.3 Å². The zero-order valence-corrected chi connectivity index (χ0v) is 23.5. The standard InChI is InChI=1S/C33H28N2O9/c1-15-2-8-20(9-3-15)44-32(42)35-19-6-4-16(5-7-19)21-10-11-23(36)26-22(21)13-17-12-18-14-24(37)27(31(34)41)30(40)33(18,43)29(39)25(17)28(26)38/h2-11,17-18,36,38,40,43H,12-14H2,1H3,(H2,34,41)(H,35,42)/t17-,18+,33+/m1/s1. The maximum Gasteiger partial charge on any atom is 0.417 e. The van der Waals surface area contributed by atoms with E-state index in [0.717, 1.165) is 5.56 Å². The summed E-state index contributed by atoms with van der Waals surface area (Å²) in [5, 5.41) is 46.9. The van der Waals surface area contributed by atoms with Gasteiger partial charge in [0.1, 0.15) is 28.6 Å². The van der Waals surface area contributed by atoms with Crippen molar-refractivity contribution in [3.05, 3.63) is 94.3 Å². The van der Waals surface area contributed by atoms with Crippen LogP contribution in [0, 0.1) is 18.8 Å². The summed E-state index contributed by atoms with van der Waals surface area (Å²) >= 11 is 0. The predicted octanol–water partition coefficient (Wildman–Crippen LogP) is 4.01. The number of nitrogens with two attached hydrogens (primary N) is 1.